The van der Waals surface area contributed by atoms with E-state index in [9.17, 15) is 0 Å². The smallest absolute Gasteiger partial charge is 0.394 e. The van der Waals surface area contributed by atoms with E-state index in [-0.39, 0.29) is 11.9 Å². The fourth-order valence-corrected chi connectivity index (χ4v) is 2.06. The van der Waals surface area contributed by atoms with Gasteiger partial charge in [0.05, 0.1) is 13.2 Å². The van der Waals surface area contributed by atoms with Gasteiger partial charge >= 0.3 is 10.4 Å². The summed E-state index contributed by atoms with van der Waals surface area (Å²) < 4.78 is 42.2. The van der Waals surface area contributed by atoms with Gasteiger partial charge in [0, 0.05) is 0 Å². The molecule has 2 rings (SSSR count). The van der Waals surface area contributed by atoms with Gasteiger partial charge < -0.3 is 42.1 Å². The third-order valence-corrected chi connectivity index (χ3v) is 3.27. The van der Waals surface area contributed by atoms with Crippen molar-refractivity contribution in [3.63, 3.8) is 0 Å². The van der Waals surface area contributed by atoms with Crippen LogP contribution in [0.5, 0.6) is 11.5 Å². The van der Waals surface area contributed by atoms with Crippen LogP contribution in [-0.2, 0) is 33.3 Å². The summed E-state index contributed by atoms with van der Waals surface area (Å²) in [6, 6.07) is 15.1. The third-order valence-electron chi connectivity index (χ3n) is 3.27. The van der Waals surface area contributed by atoms with Gasteiger partial charge in [-0.25, -0.2) is 0 Å². The standard InChI is InChI=1S/2C10H15N3O2.H2O4S/c2*1-2-14-9-5-3-8(4-6-9)7-15-13-10(11)12;1-5(2,3)4/h2*3-6H,2,7H2,1H3,(H4,11,12,13);(H2,1,2,3,4). The first-order chi connectivity index (χ1) is 16.4. The number of benzene rings is 2. The molecule has 0 aliphatic rings. The number of oxime groups is 2. The van der Waals surface area contributed by atoms with Crippen LogP contribution in [0.3, 0.4) is 0 Å². The van der Waals surface area contributed by atoms with Crippen LogP contribution >= 0.6 is 0 Å². The van der Waals surface area contributed by atoms with E-state index in [1.807, 2.05) is 62.4 Å². The SMILES string of the molecule is CCOc1ccc(CON=C(N)N)cc1.CCOc1ccc(CON=C(N)N)cc1.O=S(=O)(O)O. The molecule has 196 valence electrons. The molecule has 14 nitrogen and oxygen atoms in total. The predicted molar refractivity (Wildman–Crippen MR) is 131 cm³/mol. The van der Waals surface area contributed by atoms with Crippen molar-refractivity contribution in [1.29, 1.82) is 0 Å². The maximum absolute atomic E-state index is 8.74. The number of hydrogen-bond acceptors (Lipinski definition) is 8. The Balaban J connectivity index is 0.000000555. The molecule has 10 N–H and O–H groups in total. The monoisotopic (exact) mass is 516 g/mol. The zero-order valence-electron chi connectivity index (χ0n) is 19.4. The third kappa shape index (κ3) is 20.4. The maximum Gasteiger partial charge on any atom is 0.394 e. The molecule has 0 fully saturated rings. The van der Waals surface area contributed by atoms with Gasteiger partial charge in [0.25, 0.3) is 0 Å². The van der Waals surface area contributed by atoms with Crippen LogP contribution < -0.4 is 32.4 Å². The van der Waals surface area contributed by atoms with Crippen LogP contribution in [0, 0.1) is 0 Å². The van der Waals surface area contributed by atoms with Crippen LogP contribution in [0.2, 0.25) is 0 Å². The second kappa shape index (κ2) is 17.5. The van der Waals surface area contributed by atoms with Crippen molar-refractivity contribution in [3.05, 3.63) is 59.7 Å². The molecule has 0 aliphatic heterocycles. The summed E-state index contributed by atoms with van der Waals surface area (Å²) in [5.41, 5.74) is 22.4. The molecule has 0 bridgehead atoms. The Hall–Kier alpha value is -3.95. The lowest BCUT2D eigenvalue weighted by atomic mass is 10.2. The Morgan fingerprint density at radius 3 is 1.23 bits per heavy atom. The van der Waals surface area contributed by atoms with E-state index in [4.69, 9.17) is 59.6 Å². The highest BCUT2D eigenvalue weighted by atomic mass is 32.3. The second-order valence-electron chi connectivity index (χ2n) is 6.18. The molecule has 0 aromatic heterocycles. The highest BCUT2D eigenvalue weighted by molar-refractivity contribution is 7.79. The summed E-state index contributed by atoms with van der Waals surface area (Å²) in [6.07, 6.45) is 0. The second-order valence-corrected chi connectivity index (χ2v) is 7.08. The van der Waals surface area contributed by atoms with Crippen molar-refractivity contribution in [2.45, 2.75) is 27.1 Å². The van der Waals surface area contributed by atoms with Gasteiger partial charge in [-0.1, -0.05) is 24.3 Å². The summed E-state index contributed by atoms with van der Waals surface area (Å²) in [6.45, 7) is 5.87. The number of rotatable bonds is 10. The molecule has 0 spiro atoms. The first-order valence-electron chi connectivity index (χ1n) is 9.99. The average Bonchev–Trinajstić information content (AvgIpc) is 2.75. The molecule has 0 atom stereocenters. The fourth-order valence-electron chi connectivity index (χ4n) is 2.06. The van der Waals surface area contributed by atoms with Crippen molar-refractivity contribution in [3.8, 4) is 11.5 Å². The molecule has 2 aromatic rings. The summed E-state index contributed by atoms with van der Waals surface area (Å²) in [4.78, 5) is 9.76. The lowest BCUT2D eigenvalue weighted by molar-refractivity contribution is 0.129. The van der Waals surface area contributed by atoms with Gasteiger partial charge in [-0.2, -0.15) is 8.42 Å². The molecule has 0 saturated heterocycles. The number of hydrogen-bond donors (Lipinski definition) is 6. The molecular weight excluding hydrogens is 484 g/mol. The highest BCUT2D eigenvalue weighted by Gasteiger charge is 1.96. The molecule has 0 aliphatic carbocycles. The molecule has 0 radical (unpaired) electrons. The van der Waals surface area contributed by atoms with Crippen molar-refractivity contribution < 1.29 is 36.7 Å². The number of guanidine groups is 2. The maximum atomic E-state index is 8.74. The predicted octanol–water partition coefficient (Wildman–Crippen LogP) is 0.928. The molecule has 0 unspecified atom stereocenters. The van der Waals surface area contributed by atoms with Gasteiger partial charge in [-0.05, 0) is 59.6 Å². The van der Waals surface area contributed by atoms with Gasteiger partial charge in [-0.3, -0.25) is 9.11 Å². The van der Waals surface area contributed by atoms with Crippen LogP contribution in [0.15, 0.2) is 58.8 Å². The Labute approximate surface area is 204 Å². The van der Waals surface area contributed by atoms with Crippen LogP contribution in [-0.4, -0.2) is 42.7 Å². The Morgan fingerprint density at radius 1 is 0.714 bits per heavy atom. The van der Waals surface area contributed by atoms with E-state index >= 15 is 0 Å². The first-order valence-corrected chi connectivity index (χ1v) is 11.4. The van der Waals surface area contributed by atoms with Gasteiger partial charge in [0.15, 0.2) is 0 Å². The molecular formula is C20H32N6O8S. The Morgan fingerprint density at radius 2 is 1.00 bits per heavy atom. The average molecular weight is 517 g/mol. The van der Waals surface area contributed by atoms with E-state index < -0.39 is 10.4 Å². The minimum Gasteiger partial charge on any atom is -0.494 e. The zero-order valence-corrected chi connectivity index (χ0v) is 20.2. The van der Waals surface area contributed by atoms with E-state index in [1.165, 1.54) is 0 Å². The molecule has 0 amide bonds. The minimum atomic E-state index is -4.67. The van der Waals surface area contributed by atoms with Gasteiger partial charge in [-0.15, -0.1) is 0 Å². The van der Waals surface area contributed by atoms with E-state index in [0.717, 1.165) is 22.6 Å². The fraction of sp³-hybridized carbons (Fsp3) is 0.300. The molecule has 0 heterocycles. The normalized spacial score (nSPS) is 9.71. The van der Waals surface area contributed by atoms with Crippen LogP contribution in [0.1, 0.15) is 25.0 Å². The van der Waals surface area contributed by atoms with Gasteiger partial charge in [0.1, 0.15) is 24.7 Å². The zero-order chi connectivity index (χ0) is 26.7. The number of nitrogens with two attached hydrogens (primary N) is 4. The molecule has 2 aromatic carbocycles. The Bertz CT molecular complexity index is 916. The van der Waals surface area contributed by atoms with Crippen molar-refractivity contribution in [2.75, 3.05) is 13.2 Å². The summed E-state index contributed by atoms with van der Waals surface area (Å²) in [5, 5.41) is 6.84. The summed E-state index contributed by atoms with van der Waals surface area (Å²) in [7, 11) is -4.67. The first kappa shape index (κ1) is 31.0. The number of nitrogens with zero attached hydrogens (tertiary/aromatic N) is 2. The Kier molecular flexibility index (Phi) is 15.5. The number of ether oxygens (including phenoxy) is 2. The van der Waals surface area contributed by atoms with Crippen molar-refractivity contribution in [2.24, 2.45) is 33.2 Å². The van der Waals surface area contributed by atoms with E-state index in [1.54, 1.807) is 0 Å². The summed E-state index contributed by atoms with van der Waals surface area (Å²) >= 11 is 0. The van der Waals surface area contributed by atoms with Crippen LogP contribution in [0.4, 0.5) is 0 Å². The minimum absolute atomic E-state index is 0.0825. The molecule has 15 heteroatoms. The lowest BCUT2D eigenvalue weighted by Crippen LogP contribution is -2.22. The lowest BCUT2D eigenvalue weighted by Gasteiger charge is -2.04. The molecule has 35 heavy (non-hydrogen) atoms. The van der Waals surface area contributed by atoms with E-state index in [2.05, 4.69) is 10.3 Å². The molecule has 0 saturated carbocycles. The largest absolute Gasteiger partial charge is 0.494 e. The summed E-state index contributed by atoms with van der Waals surface area (Å²) in [5.74, 6) is 1.51. The quantitative estimate of drug-likeness (QED) is 0.112. The van der Waals surface area contributed by atoms with Gasteiger partial charge in [0.2, 0.25) is 11.9 Å². The highest BCUT2D eigenvalue weighted by Crippen LogP contribution is 2.13. The van der Waals surface area contributed by atoms with Crippen molar-refractivity contribution >= 4 is 22.3 Å². The van der Waals surface area contributed by atoms with E-state index in [0.29, 0.717) is 26.4 Å². The van der Waals surface area contributed by atoms with Crippen LogP contribution in [0.25, 0.3) is 0 Å². The topological polar surface area (TPSA) is 240 Å². The van der Waals surface area contributed by atoms with Crippen molar-refractivity contribution in [1.82, 2.24) is 0 Å².